The molecule has 0 aromatic carbocycles. The van der Waals surface area contributed by atoms with Crippen molar-refractivity contribution in [2.75, 3.05) is 6.61 Å². The van der Waals surface area contributed by atoms with Gasteiger partial charge in [-0.15, -0.1) is 11.3 Å². The van der Waals surface area contributed by atoms with E-state index in [2.05, 4.69) is 6.92 Å². The summed E-state index contributed by atoms with van der Waals surface area (Å²) in [6.07, 6.45) is 6.00. The summed E-state index contributed by atoms with van der Waals surface area (Å²) in [6.45, 7) is 2.87. The van der Waals surface area contributed by atoms with E-state index >= 15 is 0 Å². The van der Waals surface area contributed by atoms with E-state index in [4.69, 9.17) is 9.84 Å². The average molecular weight is 242 g/mol. The van der Waals surface area contributed by atoms with Gasteiger partial charge in [-0.3, -0.25) is 0 Å². The Morgan fingerprint density at radius 2 is 2.12 bits per heavy atom. The number of carbonyl (C=O) groups is 1. The van der Waals surface area contributed by atoms with Crippen molar-refractivity contribution in [3.8, 4) is 5.75 Å². The molecule has 3 nitrogen and oxygen atoms in total. The molecule has 90 valence electrons. The summed E-state index contributed by atoms with van der Waals surface area (Å²) in [5.41, 5.74) is 0. The molecular formula is C12H18O3S. The van der Waals surface area contributed by atoms with Crippen molar-refractivity contribution in [2.45, 2.75) is 39.0 Å². The van der Waals surface area contributed by atoms with Crippen LogP contribution in [-0.2, 0) is 0 Å². The predicted octanol–water partition coefficient (Wildman–Crippen LogP) is 3.80. The third-order valence-corrected chi connectivity index (χ3v) is 3.20. The van der Waals surface area contributed by atoms with Crippen LogP contribution in [0.15, 0.2) is 11.4 Å². The van der Waals surface area contributed by atoms with Crippen LogP contribution in [0, 0.1) is 0 Å². The van der Waals surface area contributed by atoms with Gasteiger partial charge in [0.05, 0.1) is 6.61 Å². The molecule has 0 unspecified atom stereocenters. The molecule has 1 rings (SSSR count). The van der Waals surface area contributed by atoms with Gasteiger partial charge in [0, 0.05) is 11.4 Å². The fourth-order valence-corrected chi connectivity index (χ4v) is 2.07. The van der Waals surface area contributed by atoms with Crippen molar-refractivity contribution in [1.29, 1.82) is 0 Å². The lowest BCUT2D eigenvalue weighted by Crippen LogP contribution is -1.96. The van der Waals surface area contributed by atoms with Gasteiger partial charge in [-0.25, -0.2) is 4.79 Å². The lowest BCUT2D eigenvalue weighted by atomic mass is 10.2. The molecule has 16 heavy (non-hydrogen) atoms. The molecule has 1 aromatic heterocycles. The number of rotatable bonds is 8. The summed E-state index contributed by atoms with van der Waals surface area (Å²) in [6, 6.07) is 1.58. The summed E-state index contributed by atoms with van der Waals surface area (Å²) >= 11 is 1.21. The van der Waals surface area contributed by atoms with Gasteiger partial charge in [-0.05, 0) is 6.42 Å². The molecule has 0 spiro atoms. The molecule has 0 radical (unpaired) electrons. The summed E-state index contributed by atoms with van der Waals surface area (Å²) in [4.78, 5) is 11.0. The maximum atomic E-state index is 10.6. The van der Waals surface area contributed by atoms with E-state index in [1.54, 1.807) is 11.4 Å². The average Bonchev–Trinajstić information content (AvgIpc) is 2.72. The second kappa shape index (κ2) is 7.28. The molecule has 0 saturated carbocycles. The Morgan fingerprint density at radius 1 is 1.38 bits per heavy atom. The molecule has 0 saturated heterocycles. The minimum atomic E-state index is -0.886. The Kier molecular flexibility index (Phi) is 5.93. The number of carboxylic acids is 1. The zero-order chi connectivity index (χ0) is 11.8. The van der Waals surface area contributed by atoms with Crippen LogP contribution in [0.2, 0.25) is 0 Å². The van der Waals surface area contributed by atoms with Crippen molar-refractivity contribution in [3.63, 3.8) is 0 Å². The van der Waals surface area contributed by atoms with Gasteiger partial charge in [0.25, 0.3) is 0 Å². The van der Waals surface area contributed by atoms with Crippen molar-refractivity contribution in [1.82, 2.24) is 0 Å². The summed E-state index contributed by atoms with van der Waals surface area (Å²) < 4.78 is 5.46. The largest absolute Gasteiger partial charge is 0.493 e. The first-order chi connectivity index (χ1) is 7.74. The number of hydrogen-bond donors (Lipinski definition) is 1. The first-order valence-corrected chi connectivity index (χ1v) is 6.56. The predicted molar refractivity (Wildman–Crippen MR) is 65.5 cm³/mol. The lowest BCUT2D eigenvalue weighted by Gasteiger charge is -2.02. The van der Waals surface area contributed by atoms with Crippen LogP contribution in [0.3, 0.4) is 0 Å². The molecule has 0 aliphatic heterocycles. The second-order valence-electron chi connectivity index (χ2n) is 3.71. The highest BCUT2D eigenvalue weighted by molar-refractivity contribution is 7.12. The minimum absolute atomic E-state index is 0.334. The number of hydrogen-bond acceptors (Lipinski definition) is 3. The number of aromatic carboxylic acids is 1. The Bertz CT molecular complexity index is 320. The molecule has 0 fully saturated rings. The fraction of sp³-hybridized carbons (Fsp3) is 0.583. The molecular weight excluding hydrogens is 224 g/mol. The summed E-state index contributed by atoms with van der Waals surface area (Å²) in [7, 11) is 0. The second-order valence-corrected chi connectivity index (χ2v) is 4.63. The Morgan fingerprint density at radius 3 is 2.75 bits per heavy atom. The topological polar surface area (TPSA) is 46.5 Å². The van der Waals surface area contributed by atoms with Gasteiger partial charge in [0.2, 0.25) is 0 Å². The van der Waals surface area contributed by atoms with Gasteiger partial charge in [0.1, 0.15) is 10.6 Å². The first-order valence-electron chi connectivity index (χ1n) is 5.68. The molecule has 0 aliphatic carbocycles. The highest BCUT2D eigenvalue weighted by Gasteiger charge is 2.06. The highest BCUT2D eigenvalue weighted by atomic mass is 32.1. The summed E-state index contributed by atoms with van der Waals surface area (Å²) in [5.74, 6) is -0.208. The highest BCUT2D eigenvalue weighted by Crippen LogP contribution is 2.21. The van der Waals surface area contributed by atoms with Crippen molar-refractivity contribution in [3.05, 3.63) is 16.3 Å². The van der Waals surface area contributed by atoms with Gasteiger partial charge in [0.15, 0.2) is 0 Å². The number of ether oxygens (including phenoxy) is 1. The fourth-order valence-electron chi connectivity index (χ4n) is 1.40. The minimum Gasteiger partial charge on any atom is -0.493 e. The third-order valence-electron chi connectivity index (χ3n) is 2.30. The molecule has 0 atom stereocenters. The van der Waals surface area contributed by atoms with Crippen LogP contribution >= 0.6 is 11.3 Å². The maximum Gasteiger partial charge on any atom is 0.346 e. The molecule has 1 aromatic rings. The molecule has 4 heteroatoms. The Hall–Kier alpha value is -1.03. The smallest absolute Gasteiger partial charge is 0.346 e. The van der Waals surface area contributed by atoms with E-state index in [1.807, 2.05) is 0 Å². The van der Waals surface area contributed by atoms with Gasteiger partial charge < -0.3 is 9.84 Å². The third kappa shape index (κ3) is 4.66. The van der Waals surface area contributed by atoms with E-state index in [9.17, 15) is 4.79 Å². The van der Waals surface area contributed by atoms with Crippen LogP contribution in [0.1, 0.15) is 48.7 Å². The molecule has 0 aliphatic rings. The lowest BCUT2D eigenvalue weighted by molar-refractivity contribution is 0.0702. The van der Waals surface area contributed by atoms with Crippen LogP contribution in [0.25, 0.3) is 0 Å². The SMILES string of the molecule is CCCCCCCOc1csc(C(=O)O)c1. The standard InChI is InChI=1S/C12H18O3S/c1-2-3-4-5-6-7-15-10-8-11(12(13)14)16-9-10/h8-9H,2-7H2,1H3,(H,13,14). The van der Waals surface area contributed by atoms with Crippen LogP contribution < -0.4 is 4.74 Å². The molecule has 0 amide bonds. The van der Waals surface area contributed by atoms with Gasteiger partial charge in [-0.1, -0.05) is 32.6 Å². The van der Waals surface area contributed by atoms with E-state index in [1.165, 1.54) is 37.0 Å². The van der Waals surface area contributed by atoms with E-state index < -0.39 is 5.97 Å². The van der Waals surface area contributed by atoms with Crippen LogP contribution in [-0.4, -0.2) is 17.7 Å². The van der Waals surface area contributed by atoms with Crippen molar-refractivity contribution < 1.29 is 14.6 Å². The van der Waals surface area contributed by atoms with Gasteiger partial charge >= 0.3 is 5.97 Å². The Balaban J connectivity index is 2.14. The number of carboxylic acid groups (broad SMARTS) is 1. The van der Waals surface area contributed by atoms with E-state index in [0.717, 1.165) is 6.42 Å². The first kappa shape index (κ1) is 13.0. The van der Waals surface area contributed by atoms with Crippen LogP contribution in [0.5, 0.6) is 5.75 Å². The normalized spacial score (nSPS) is 10.3. The van der Waals surface area contributed by atoms with E-state index in [0.29, 0.717) is 17.2 Å². The van der Waals surface area contributed by atoms with Crippen molar-refractivity contribution in [2.24, 2.45) is 0 Å². The quantitative estimate of drug-likeness (QED) is 0.705. The molecule has 1 N–H and O–H groups in total. The van der Waals surface area contributed by atoms with Crippen molar-refractivity contribution >= 4 is 17.3 Å². The Labute approximate surface area is 100 Å². The summed E-state index contributed by atoms with van der Waals surface area (Å²) in [5, 5.41) is 10.5. The molecule has 0 bridgehead atoms. The van der Waals surface area contributed by atoms with Gasteiger partial charge in [-0.2, -0.15) is 0 Å². The number of thiophene rings is 1. The zero-order valence-electron chi connectivity index (χ0n) is 9.57. The zero-order valence-corrected chi connectivity index (χ0v) is 10.4. The monoisotopic (exact) mass is 242 g/mol. The maximum absolute atomic E-state index is 10.6. The van der Waals surface area contributed by atoms with Crippen LogP contribution in [0.4, 0.5) is 0 Å². The number of unbranched alkanes of at least 4 members (excludes halogenated alkanes) is 4. The molecule has 1 heterocycles. The van der Waals surface area contributed by atoms with E-state index in [-0.39, 0.29) is 0 Å².